The van der Waals surface area contributed by atoms with Gasteiger partial charge in [-0.1, -0.05) is 24.3 Å². The van der Waals surface area contributed by atoms with Gasteiger partial charge in [-0.3, -0.25) is 9.36 Å². The lowest BCUT2D eigenvalue weighted by atomic mass is 9.99. The molecule has 4 rings (SSSR count). The van der Waals surface area contributed by atoms with Crippen molar-refractivity contribution >= 4 is 23.0 Å². The molecule has 1 saturated heterocycles. The Labute approximate surface area is 188 Å². The van der Waals surface area contributed by atoms with Crippen LogP contribution in [-0.2, 0) is 9.53 Å². The molecule has 0 radical (unpaired) electrons. The molecule has 3 aromatic rings. The van der Waals surface area contributed by atoms with Gasteiger partial charge < -0.3 is 35.6 Å². The van der Waals surface area contributed by atoms with Gasteiger partial charge in [0.2, 0.25) is 0 Å². The van der Waals surface area contributed by atoms with Crippen LogP contribution in [0.4, 0.5) is 5.82 Å². The topological polar surface area (TPSA) is 186 Å². The Morgan fingerprint density at radius 3 is 2.45 bits per heavy atom. The zero-order chi connectivity index (χ0) is 23.9. The molecule has 0 aliphatic carbocycles. The summed E-state index contributed by atoms with van der Waals surface area (Å²) < 4.78 is 12.8. The van der Waals surface area contributed by atoms with Crippen molar-refractivity contribution in [1.82, 2.24) is 19.5 Å². The predicted molar refractivity (Wildman–Crippen MR) is 114 cm³/mol. The summed E-state index contributed by atoms with van der Waals surface area (Å²) in [6.45, 7) is 2.93. The zero-order valence-corrected chi connectivity index (χ0v) is 17.9. The molecule has 1 aliphatic heterocycles. The fraction of sp³-hybridized carbons (Fsp3) is 0.429. The number of carboxylic acid groups (broad SMARTS) is 1. The average Bonchev–Trinajstić information content (AvgIpc) is 3.34. The van der Waals surface area contributed by atoms with Crippen LogP contribution in [0.15, 0.2) is 30.6 Å². The van der Waals surface area contributed by atoms with Crippen LogP contribution in [-0.4, -0.2) is 70.8 Å². The van der Waals surface area contributed by atoms with E-state index in [1.807, 2.05) is 0 Å². The molecule has 6 atom stereocenters. The standard InChI is InChI=1S/C21H25N5O7/c1-9(20(30)31)11-3-5-12(6-4-11)10(2)32-21-24-17(22)14-18(25-21)26(8-23-14)19-16(29)15(28)13(7-27)33-19/h3-6,8-10,13,15-16,19,27-29H,7H2,1-2H3,(H,30,31)(H2,22,24,25)/t9?,10?,13-,15-,16-,19-/m1/s1. The van der Waals surface area contributed by atoms with Gasteiger partial charge in [0.05, 0.1) is 18.9 Å². The Hall–Kier alpha value is -3.32. The molecule has 0 spiro atoms. The average molecular weight is 459 g/mol. The van der Waals surface area contributed by atoms with E-state index in [9.17, 15) is 20.1 Å². The number of aliphatic hydroxyl groups is 3. The van der Waals surface area contributed by atoms with Crippen molar-refractivity contribution in [3.8, 4) is 6.01 Å². The summed E-state index contributed by atoms with van der Waals surface area (Å²) >= 11 is 0. The Morgan fingerprint density at radius 1 is 1.18 bits per heavy atom. The fourth-order valence-electron chi connectivity index (χ4n) is 3.69. The van der Waals surface area contributed by atoms with Crippen LogP contribution in [0.5, 0.6) is 6.01 Å². The first-order valence-electron chi connectivity index (χ1n) is 10.3. The number of hydrogen-bond acceptors (Lipinski definition) is 10. The van der Waals surface area contributed by atoms with E-state index in [2.05, 4.69) is 15.0 Å². The molecule has 2 unspecified atom stereocenters. The van der Waals surface area contributed by atoms with E-state index in [1.54, 1.807) is 38.1 Å². The number of aliphatic hydroxyl groups excluding tert-OH is 3. The molecule has 3 heterocycles. The van der Waals surface area contributed by atoms with Gasteiger partial charge in [0.1, 0.15) is 24.4 Å². The molecule has 0 saturated carbocycles. The number of ether oxygens (including phenoxy) is 2. The van der Waals surface area contributed by atoms with Crippen molar-refractivity contribution in [2.24, 2.45) is 0 Å². The van der Waals surface area contributed by atoms with Crippen LogP contribution < -0.4 is 10.5 Å². The molecule has 12 nitrogen and oxygen atoms in total. The van der Waals surface area contributed by atoms with Crippen molar-refractivity contribution in [1.29, 1.82) is 0 Å². The number of carboxylic acids is 1. The number of nitrogens with two attached hydrogens (primary N) is 1. The molecule has 1 aliphatic rings. The minimum atomic E-state index is -1.31. The van der Waals surface area contributed by atoms with Crippen LogP contribution in [0.2, 0.25) is 0 Å². The van der Waals surface area contributed by atoms with Gasteiger partial charge in [-0.2, -0.15) is 9.97 Å². The summed E-state index contributed by atoms with van der Waals surface area (Å²) in [6.07, 6.45) is -3.72. The number of hydrogen-bond donors (Lipinski definition) is 5. The molecule has 176 valence electrons. The highest BCUT2D eigenvalue weighted by Gasteiger charge is 2.44. The minimum Gasteiger partial charge on any atom is -0.481 e. The lowest BCUT2D eigenvalue weighted by Gasteiger charge is -2.18. The van der Waals surface area contributed by atoms with Crippen LogP contribution >= 0.6 is 0 Å². The van der Waals surface area contributed by atoms with Crippen molar-refractivity contribution in [2.45, 2.75) is 50.4 Å². The first kappa shape index (κ1) is 22.9. The van der Waals surface area contributed by atoms with Gasteiger partial charge in [0, 0.05) is 0 Å². The number of fused-ring (bicyclic) bond motifs is 1. The Bertz CT molecular complexity index is 1150. The lowest BCUT2D eigenvalue weighted by Crippen LogP contribution is -2.33. The maximum absolute atomic E-state index is 11.2. The quantitative estimate of drug-likeness (QED) is 0.328. The minimum absolute atomic E-state index is 0.0380. The van der Waals surface area contributed by atoms with E-state index >= 15 is 0 Å². The molecule has 1 aromatic carbocycles. The summed E-state index contributed by atoms with van der Waals surface area (Å²) in [5.41, 5.74) is 7.96. The molecule has 33 heavy (non-hydrogen) atoms. The van der Waals surface area contributed by atoms with Gasteiger partial charge in [0.15, 0.2) is 23.2 Å². The van der Waals surface area contributed by atoms with E-state index in [-0.39, 0.29) is 23.0 Å². The molecule has 12 heteroatoms. The summed E-state index contributed by atoms with van der Waals surface area (Å²) in [4.78, 5) is 23.8. The highest BCUT2D eigenvalue weighted by molar-refractivity contribution is 5.82. The second-order valence-corrected chi connectivity index (χ2v) is 7.93. The van der Waals surface area contributed by atoms with Gasteiger partial charge in [-0.25, -0.2) is 4.98 Å². The van der Waals surface area contributed by atoms with Crippen molar-refractivity contribution in [3.05, 3.63) is 41.7 Å². The monoisotopic (exact) mass is 459 g/mol. The van der Waals surface area contributed by atoms with Gasteiger partial charge in [-0.15, -0.1) is 0 Å². The first-order valence-corrected chi connectivity index (χ1v) is 10.3. The van der Waals surface area contributed by atoms with E-state index < -0.39 is 49.1 Å². The summed E-state index contributed by atoms with van der Waals surface area (Å²) in [6, 6.07) is 6.95. The molecule has 1 fully saturated rings. The third-order valence-electron chi connectivity index (χ3n) is 5.78. The normalized spacial score (nSPS) is 24.6. The van der Waals surface area contributed by atoms with Crippen molar-refractivity contribution < 1.29 is 34.7 Å². The summed E-state index contributed by atoms with van der Waals surface area (Å²) in [7, 11) is 0. The van der Waals surface area contributed by atoms with E-state index in [4.69, 9.17) is 20.3 Å². The largest absolute Gasteiger partial charge is 0.481 e. The number of nitrogens with zero attached hydrogens (tertiary/aromatic N) is 4. The number of imidazole rings is 1. The van der Waals surface area contributed by atoms with E-state index in [0.717, 1.165) is 5.56 Å². The molecule has 2 aromatic heterocycles. The second-order valence-electron chi connectivity index (χ2n) is 7.93. The van der Waals surface area contributed by atoms with Gasteiger partial charge in [-0.05, 0) is 25.0 Å². The van der Waals surface area contributed by atoms with Gasteiger partial charge >= 0.3 is 12.0 Å². The second kappa shape index (κ2) is 8.90. The maximum atomic E-state index is 11.2. The molecule has 0 bridgehead atoms. The number of benzene rings is 1. The van der Waals surface area contributed by atoms with Crippen LogP contribution in [0.1, 0.15) is 43.2 Å². The van der Waals surface area contributed by atoms with Crippen molar-refractivity contribution in [2.75, 3.05) is 12.3 Å². The number of rotatable bonds is 7. The summed E-state index contributed by atoms with van der Waals surface area (Å²) in [5, 5.41) is 38.9. The number of carbonyl (C=O) groups is 1. The van der Waals surface area contributed by atoms with E-state index in [1.165, 1.54) is 10.9 Å². The zero-order valence-electron chi connectivity index (χ0n) is 17.9. The summed E-state index contributed by atoms with van der Waals surface area (Å²) in [5.74, 6) is -1.48. The smallest absolute Gasteiger partial charge is 0.321 e. The fourth-order valence-corrected chi connectivity index (χ4v) is 3.69. The van der Waals surface area contributed by atoms with Gasteiger partial charge in [0.25, 0.3) is 0 Å². The molecular weight excluding hydrogens is 434 g/mol. The number of aliphatic carboxylic acids is 1. The highest BCUT2D eigenvalue weighted by Crippen LogP contribution is 2.33. The SMILES string of the molecule is CC(Oc1nc(N)c2ncn([C@@H]3O[C@H](CO)[C@@H](O)[C@H]3O)c2n1)c1ccc(C(C)C(=O)O)cc1. The third kappa shape index (κ3) is 4.20. The molecular formula is C21H25N5O7. The van der Waals surface area contributed by atoms with Crippen LogP contribution in [0.3, 0.4) is 0 Å². The van der Waals surface area contributed by atoms with Crippen LogP contribution in [0, 0.1) is 0 Å². The Morgan fingerprint density at radius 2 is 1.85 bits per heavy atom. The number of anilines is 1. The molecule has 6 N–H and O–H groups in total. The predicted octanol–water partition coefficient (Wildman–Crippen LogP) is 0.348. The highest BCUT2D eigenvalue weighted by atomic mass is 16.6. The lowest BCUT2D eigenvalue weighted by molar-refractivity contribution is -0.138. The number of nitrogen functional groups attached to an aromatic ring is 1. The Kier molecular flexibility index (Phi) is 6.17. The number of aromatic nitrogens is 4. The Balaban J connectivity index is 1.59. The van der Waals surface area contributed by atoms with Crippen LogP contribution in [0.25, 0.3) is 11.2 Å². The van der Waals surface area contributed by atoms with E-state index in [0.29, 0.717) is 5.56 Å². The molecule has 0 amide bonds. The first-order chi connectivity index (χ1) is 15.7. The third-order valence-corrected chi connectivity index (χ3v) is 5.78. The maximum Gasteiger partial charge on any atom is 0.321 e. The van der Waals surface area contributed by atoms with Crippen molar-refractivity contribution in [3.63, 3.8) is 0 Å².